The van der Waals surface area contributed by atoms with E-state index >= 15 is 0 Å². The zero-order chi connectivity index (χ0) is 27.4. The smallest absolute Gasteiger partial charge is 0.338 e. The Balaban J connectivity index is 1.66. The zero-order valence-corrected chi connectivity index (χ0v) is 22.7. The highest BCUT2D eigenvalue weighted by atomic mass is 32.2. The number of benzene rings is 2. The number of methoxy groups -OCH3 is 2. The van der Waals surface area contributed by atoms with Crippen molar-refractivity contribution in [3.63, 3.8) is 0 Å². The first kappa shape index (κ1) is 27.3. The topological polar surface area (TPSA) is 89.5 Å². The number of nitrogens with one attached hydrogen (secondary N) is 1. The maximum Gasteiger partial charge on any atom is 0.338 e. The van der Waals surface area contributed by atoms with Crippen LogP contribution >= 0.6 is 11.8 Å². The second-order valence-electron chi connectivity index (χ2n) is 9.07. The number of carbonyl (C=O) groups excluding carboxylic acids is 2. The highest BCUT2D eigenvalue weighted by Crippen LogP contribution is 2.46. The van der Waals surface area contributed by atoms with Gasteiger partial charge in [0.1, 0.15) is 17.3 Å². The van der Waals surface area contributed by atoms with E-state index in [0.29, 0.717) is 33.6 Å². The van der Waals surface area contributed by atoms with Gasteiger partial charge in [-0.05, 0) is 61.6 Å². The van der Waals surface area contributed by atoms with Gasteiger partial charge in [-0.25, -0.2) is 14.2 Å². The molecule has 2 aromatic rings. The van der Waals surface area contributed by atoms with Crippen LogP contribution in [0.2, 0.25) is 0 Å². The van der Waals surface area contributed by atoms with Gasteiger partial charge in [0.15, 0.2) is 5.17 Å². The monoisotopic (exact) mass is 539 g/mol. The molecule has 1 atom stereocenters. The molecule has 0 bridgehead atoms. The Morgan fingerprint density at radius 1 is 1.11 bits per heavy atom. The van der Waals surface area contributed by atoms with Crippen LogP contribution < -0.4 is 14.8 Å². The molecule has 0 saturated carbocycles. The molecule has 1 amide bonds. The minimum Gasteiger partial charge on any atom is -0.497 e. The molecule has 200 valence electrons. The van der Waals surface area contributed by atoms with Crippen molar-refractivity contribution in [3.05, 3.63) is 81.8 Å². The van der Waals surface area contributed by atoms with Crippen LogP contribution in [0.3, 0.4) is 0 Å². The molecule has 2 heterocycles. The number of ether oxygens (including phenoxy) is 3. The Kier molecular flexibility index (Phi) is 8.41. The third-order valence-electron chi connectivity index (χ3n) is 6.00. The zero-order valence-electron chi connectivity index (χ0n) is 21.9. The van der Waals surface area contributed by atoms with Gasteiger partial charge in [-0.1, -0.05) is 23.9 Å². The largest absolute Gasteiger partial charge is 0.497 e. The number of fused-ring (bicyclic) bond motifs is 1. The predicted molar refractivity (Wildman–Crippen MR) is 144 cm³/mol. The Morgan fingerprint density at radius 2 is 1.76 bits per heavy atom. The van der Waals surface area contributed by atoms with Gasteiger partial charge < -0.3 is 24.4 Å². The van der Waals surface area contributed by atoms with Gasteiger partial charge in [0.2, 0.25) is 5.91 Å². The third kappa shape index (κ3) is 6.02. The molecule has 1 N–H and O–H groups in total. The van der Waals surface area contributed by atoms with Crippen LogP contribution in [0.15, 0.2) is 69.8 Å². The summed E-state index contributed by atoms with van der Waals surface area (Å²) in [5.41, 5.74) is 3.10. The van der Waals surface area contributed by atoms with E-state index < -0.39 is 12.0 Å². The molecular weight excluding hydrogens is 509 g/mol. The van der Waals surface area contributed by atoms with Crippen molar-refractivity contribution in [2.24, 2.45) is 4.99 Å². The number of amides is 1. The van der Waals surface area contributed by atoms with E-state index in [2.05, 4.69) is 10.3 Å². The van der Waals surface area contributed by atoms with Crippen LogP contribution in [0.4, 0.5) is 4.39 Å². The van der Waals surface area contributed by atoms with E-state index in [9.17, 15) is 14.0 Å². The minimum absolute atomic E-state index is 0.0520. The number of hydrogen-bond acceptors (Lipinski definition) is 8. The molecule has 0 aliphatic carbocycles. The molecule has 2 aliphatic heterocycles. The van der Waals surface area contributed by atoms with Crippen LogP contribution in [-0.4, -0.2) is 42.3 Å². The van der Waals surface area contributed by atoms with Gasteiger partial charge in [0.25, 0.3) is 0 Å². The van der Waals surface area contributed by atoms with Crippen molar-refractivity contribution in [2.75, 3.05) is 14.2 Å². The second-order valence-corrected chi connectivity index (χ2v) is 9.91. The fourth-order valence-electron chi connectivity index (χ4n) is 4.24. The highest BCUT2D eigenvalue weighted by molar-refractivity contribution is 8.16. The molecule has 4 rings (SSSR count). The molecule has 0 aromatic heterocycles. The van der Waals surface area contributed by atoms with Gasteiger partial charge in [-0.2, -0.15) is 0 Å². The molecule has 10 heteroatoms. The fourth-order valence-corrected chi connectivity index (χ4v) is 5.21. The Bertz CT molecular complexity index is 1300. The van der Waals surface area contributed by atoms with Crippen LogP contribution in [-0.2, 0) is 20.9 Å². The number of hydrogen-bond donors (Lipinski definition) is 1. The number of allylic oxidation sites excluding steroid dienone is 1. The molecule has 1 unspecified atom stereocenters. The number of carbonyl (C=O) groups is 2. The minimum atomic E-state index is -0.621. The summed E-state index contributed by atoms with van der Waals surface area (Å²) >= 11 is 1.39. The van der Waals surface area contributed by atoms with Gasteiger partial charge in [0, 0.05) is 18.3 Å². The van der Waals surface area contributed by atoms with Crippen molar-refractivity contribution >= 4 is 28.8 Å². The van der Waals surface area contributed by atoms with Gasteiger partial charge in [0.05, 0.1) is 44.1 Å². The average Bonchev–Trinajstić information content (AvgIpc) is 3.28. The van der Waals surface area contributed by atoms with E-state index in [0.717, 1.165) is 11.1 Å². The molecule has 8 nitrogen and oxygen atoms in total. The number of nitrogens with zero attached hydrogens (tertiary/aromatic N) is 2. The fraction of sp³-hybridized carbons (Fsp3) is 0.321. The van der Waals surface area contributed by atoms with Gasteiger partial charge >= 0.3 is 5.97 Å². The molecule has 0 spiro atoms. The van der Waals surface area contributed by atoms with Crippen LogP contribution in [0.5, 0.6) is 11.5 Å². The van der Waals surface area contributed by atoms with Crippen molar-refractivity contribution in [1.82, 2.24) is 10.2 Å². The predicted octanol–water partition coefficient (Wildman–Crippen LogP) is 5.08. The lowest BCUT2D eigenvalue weighted by Gasteiger charge is -2.36. The Hall–Kier alpha value is -3.79. The van der Waals surface area contributed by atoms with Crippen molar-refractivity contribution in [2.45, 2.75) is 45.9 Å². The van der Waals surface area contributed by atoms with E-state index in [-0.39, 0.29) is 30.8 Å². The number of halogens is 1. The summed E-state index contributed by atoms with van der Waals surface area (Å²) in [6.45, 7) is 5.62. The first-order valence-electron chi connectivity index (χ1n) is 12.1. The maximum absolute atomic E-state index is 13.3. The number of rotatable bonds is 9. The first-order valence-corrected chi connectivity index (χ1v) is 13.0. The van der Waals surface area contributed by atoms with Crippen molar-refractivity contribution in [1.29, 1.82) is 0 Å². The molecule has 38 heavy (non-hydrogen) atoms. The van der Waals surface area contributed by atoms with E-state index in [1.165, 1.54) is 23.9 Å². The van der Waals surface area contributed by atoms with Crippen LogP contribution in [0, 0.1) is 5.82 Å². The quantitative estimate of drug-likeness (QED) is 0.445. The van der Waals surface area contributed by atoms with Crippen LogP contribution in [0.1, 0.15) is 44.4 Å². The number of amidine groups is 1. The lowest BCUT2D eigenvalue weighted by molar-refractivity contribution is -0.143. The third-order valence-corrected chi connectivity index (χ3v) is 6.89. The molecule has 2 aromatic carbocycles. The van der Waals surface area contributed by atoms with Crippen molar-refractivity contribution < 1.29 is 28.2 Å². The Labute approximate surface area is 225 Å². The lowest BCUT2D eigenvalue weighted by atomic mass is 9.93. The summed E-state index contributed by atoms with van der Waals surface area (Å²) in [7, 11) is 3.12. The molecule has 0 saturated heterocycles. The van der Waals surface area contributed by atoms with Crippen LogP contribution in [0.25, 0.3) is 0 Å². The van der Waals surface area contributed by atoms with Crippen molar-refractivity contribution in [3.8, 4) is 11.5 Å². The van der Waals surface area contributed by atoms with E-state index in [1.807, 2.05) is 22.4 Å². The average molecular weight is 540 g/mol. The first-order chi connectivity index (χ1) is 18.2. The number of thioether (sulfide) groups is 1. The SMILES string of the molecule is COc1cc(OC)cc(C2C(C(=O)OC(C)C)=C(C)N=C3SC=C(CC(=O)NCc4ccc(F)cc4)N32)c1. The molecular formula is C28H30FN3O5S. The number of esters is 1. The number of aliphatic imine (C=N–C) groups is 1. The highest BCUT2D eigenvalue weighted by Gasteiger charge is 2.41. The van der Waals surface area contributed by atoms with Gasteiger partial charge in [-0.3, -0.25) is 4.79 Å². The Morgan fingerprint density at radius 3 is 2.37 bits per heavy atom. The van der Waals surface area contributed by atoms with Gasteiger partial charge in [-0.15, -0.1) is 0 Å². The van der Waals surface area contributed by atoms with E-state index in [4.69, 9.17) is 14.2 Å². The van der Waals surface area contributed by atoms with E-state index in [1.54, 1.807) is 53.2 Å². The summed E-state index contributed by atoms with van der Waals surface area (Å²) in [6.07, 6.45) is -0.273. The summed E-state index contributed by atoms with van der Waals surface area (Å²) in [6, 6.07) is 10.8. The standard InChI is InChI=1S/C28H30FN3O5S/c1-16(2)37-27(34)25-17(3)31-28-32(26(25)19-10-22(35-4)13-23(11-19)36-5)21(15-38-28)12-24(33)30-14-18-6-8-20(29)9-7-18/h6-11,13,15-16,26H,12,14H2,1-5H3,(H,30,33). The summed E-state index contributed by atoms with van der Waals surface area (Å²) in [5.74, 6) is 0.0886. The molecule has 0 radical (unpaired) electrons. The summed E-state index contributed by atoms with van der Waals surface area (Å²) < 4.78 is 29.8. The maximum atomic E-state index is 13.3. The molecule has 0 fully saturated rings. The summed E-state index contributed by atoms with van der Waals surface area (Å²) in [5, 5.41) is 5.39. The summed E-state index contributed by atoms with van der Waals surface area (Å²) in [4.78, 5) is 32.8. The normalized spacial score (nSPS) is 16.6. The second kappa shape index (κ2) is 11.7. The lowest BCUT2D eigenvalue weighted by Crippen LogP contribution is -2.38. The molecule has 2 aliphatic rings.